The standard InChI is InChI=1S/C14H19N3O/c1-2-9-17-11-5-3-8-16-12(11)14(13(17)18)6-4-7-15-10-14/h3,5,8,15H,2,4,6-7,9-10H2,1H3/t14-/m1/s1. The van der Waals surface area contributed by atoms with Crippen molar-refractivity contribution in [3.63, 3.8) is 0 Å². The lowest BCUT2D eigenvalue weighted by Gasteiger charge is -2.32. The van der Waals surface area contributed by atoms with Crippen LogP contribution in [0.3, 0.4) is 0 Å². The highest BCUT2D eigenvalue weighted by Gasteiger charge is 2.52. The average molecular weight is 245 g/mol. The van der Waals surface area contributed by atoms with Crippen LogP contribution in [0.5, 0.6) is 0 Å². The quantitative estimate of drug-likeness (QED) is 0.858. The number of amides is 1. The first kappa shape index (κ1) is 11.7. The molecule has 1 spiro atoms. The van der Waals surface area contributed by atoms with Crippen molar-refractivity contribution in [2.75, 3.05) is 24.5 Å². The van der Waals surface area contributed by atoms with Gasteiger partial charge in [-0.3, -0.25) is 9.78 Å². The molecule has 4 heteroatoms. The Morgan fingerprint density at radius 3 is 3.17 bits per heavy atom. The molecule has 0 bridgehead atoms. The van der Waals surface area contributed by atoms with Crippen LogP contribution in [0.15, 0.2) is 18.3 Å². The summed E-state index contributed by atoms with van der Waals surface area (Å²) in [5.74, 6) is 0.241. The third-order valence-corrected chi connectivity index (χ3v) is 4.02. The van der Waals surface area contributed by atoms with Gasteiger partial charge in [-0.2, -0.15) is 0 Å². The Hall–Kier alpha value is -1.42. The zero-order valence-electron chi connectivity index (χ0n) is 10.8. The van der Waals surface area contributed by atoms with Gasteiger partial charge in [-0.05, 0) is 37.9 Å². The van der Waals surface area contributed by atoms with Crippen LogP contribution >= 0.6 is 0 Å². The molecule has 0 saturated carbocycles. The molecule has 2 aliphatic rings. The predicted molar refractivity (Wildman–Crippen MR) is 70.7 cm³/mol. The van der Waals surface area contributed by atoms with Crippen molar-refractivity contribution in [3.05, 3.63) is 24.0 Å². The van der Waals surface area contributed by atoms with Crippen molar-refractivity contribution in [2.45, 2.75) is 31.6 Å². The van der Waals surface area contributed by atoms with Crippen molar-refractivity contribution in [1.82, 2.24) is 10.3 Å². The van der Waals surface area contributed by atoms with Crippen molar-refractivity contribution >= 4 is 11.6 Å². The first-order valence-electron chi connectivity index (χ1n) is 6.78. The number of nitrogens with one attached hydrogen (secondary N) is 1. The highest BCUT2D eigenvalue weighted by atomic mass is 16.2. The Balaban J connectivity index is 2.08. The third-order valence-electron chi connectivity index (χ3n) is 4.02. The van der Waals surface area contributed by atoms with Gasteiger partial charge in [-0.1, -0.05) is 6.92 Å². The van der Waals surface area contributed by atoms with Crippen molar-refractivity contribution in [1.29, 1.82) is 0 Å². The molecule has 1 atom stereocenters. The topological polar surface area (TPSA) is 45.2 Å². The van der Waals surface area contributed by atoms with Gasteiger partial charge in [0, 0.05) is 19.3 Å². The minimum atomic E-state index is -0.399. The molecule has 1 amide bonds. The fourth-order valence-electron chi connectivity index (χ4n) is 3.19. The number of aromatic nitrogens is 1. The van der Waals surface area contributed by atoms with E-state index in [9.17, 15) is 4.79 Å². The molecular formula is C14H19N3O. The van der Waals surface area contributed by atoms with Gasteiger partial charge in [0.25, 0.3) is 0 Å². The summed E-state index contributed by atoms with van der Waals surface area (Å²) in [5.41, 5.74) is 1.60. The molecule has 1 aromatic rings. The Morgan fingerprint density at radius 1 is 1.56 bits per heavy atom. The number of nitrogens with zero attached hydrogens (tertiary/aromatic N) is 2. The molecule has 18 heavy (non-hydrogen) atoms. The molecule has 1 saturated heterocycles. The molecule has 96 valence electrons. The first-order valence-corrected chi connectivity index (χ1v) is 6.78. The number of anilines is 1. The van der Waals surface area contributed by atoms with E-state index < -0.39 is 5.41 Å². The fourth-order valence-corrected chi connectivity index (χ4v) is 3.19. The number of pyridine rings is 1. The number of piperidine rings is 1. The minimum absolute atomic E-state index is 0.241. The van der Waals surface area contributed by atoms with Gasteiger partial charge in [0.15, 0.2) is 0 Å². The smallest absolute Gasteiger partial charge is 0.240 e. The fraction of sp³-hybridized carbons (Fsp3) is 0.571. The summed E-state index contributed by atoms with van der Waals surface area (Å²) >= 11 is 0. The number of carbonyl (C=O) groups excluding carboxylic acids is 1. The lowest BCUT2D eigenvalue weighted by Crippen LogP contribution is -2.50. The molecule has 0 radical (unpaired) electrons. The maximum Gasteiger partial charge on any atom is 0.240 e. The molecule has 1 fully saturated rings. The molecular weight excluding hydrogens is 226 g/mol. The van der Waals surface area contributed by atoms with E-state index in [4.69, 9.17) is 0 Å². The monoisotopic (exact) mass is 245 g/mol. The Labute approximate surface area is 107 Å². The third kappa shape index (κ3) is 1.48. The van der Waals surface area contributed by atoms with Crippen LogP contribution < -0.4 is 10.2 Å². The SMILES string of the molecule is CCCN1C(=O)[C@@]2(CCCNC2)c2ncccc21. The minimum Gasteiger partial charge on any atom is -0.315 e. The van der Waals surface area contributed by atoms with E-state index in [1.807, 2.05) is 17.0 Å². The van der Waals surface area contributed by atoms with Crippen LogP contribution in [0.25, 0.3) is 0 Å². The van der Waals surface area contributed by atoms with Crippen LogP contribution in [-0.4, -0.2) is 30.5 Å². The summed E-state index contributed by atoms with van der Waals surface area (Å²) in [4.78, 5) is 19.2. The van der Waals surface area contributed by atoms with Gasteiger partial charge < -0.3 is 10.2 Å². The lowest BCUT2D eigenvalue weighted by atomic mass is 9.78. The zero-order chi connectivity index (χ0) is 12.6. The van der Waals surface area contributed by atoms with Crippen LogP contribution in [-0.2, 0) is 10.2 Å². The van der Waals surface area contributed by atoms with Gasteiger partial charge in [-0.25, -0.2) is 0 Å². The van der Waals surface area contributed by atoms with Crippen molar-refractivity contribution < 1.29 is 4.79 Å². The van der Waals surface area contributed by atoms with E-state index in [-0.39, 0.29) is 5.91 Å². The maximum absolute atomic E-state index is 12.8. The molecule has 0 aromatic carbocycles. The molecule has 4 nitrogen and oxygen atoms in total. The molecule has 0 aliphatic carbocycles. The predicted octanol–water partition coefficient (Wildman–Crippen LogP) is 1.46. The summed E-state index contributed by atoms with van der Waals surface area (Å²) in [5, 5.41) is 3.36. The highest BCUT2D eigenvalue weighted by Crippen LogP contribution is 2.43. The number of hydrogen-bond acceptors (Lipinski definition) is 3. The van der Waals surface area contributed by atoms with E-state index in [1.54, 1.807) is 6.20 Å². The Bertz CT molecular complexity index is 466. The Morgan fingerprint density at radius 2 is 2.44 bits per heavy atom. The molecule has 1 N–H and O–H groups in total. The second-order valence-corrected chi connectivity index (χ2v) is 5.19. The van der Waals surface area contributed by atoms with Crippen molar-refractivity contribution in [3.8, 4) is 0 Å². The Kier molecular flexibility index (Phi) is 2.82. The number of fused-ring (bicyclic) bond motifs is 2. The van der Waals surface area contributed by atoms with Crippen LogP contribution in [0.2, 0.25) is 0 Å². The van der Waals surface area contributed by atoms with Gasteiger partial charge in [0.1, 0.15) is 5.41 Å². The number of hydrogen-bond donors (Lipinski definition) is 1. The average Bonchev–Trinajstić information content (AvgIpc) is 2.64. The van der Waals surface area contributed by atoms with Crippen molar-refractivity contribution in [2.24, 2.45) is 0 Å². The molecule has 3 rings (SSSR count). The van der Waals surface area contributed by atoms with E-state index in [2.05, 4.69) is 17.2 Å². The summed E-state index contributed by atoms with van der Waals surface area (Å²) < 4.78 is 0. The van der Waals surface area contributed by atoms with Gasteiger partial charge in [-0.15, -0.1) is 0 Å². The second-order valence-electron chi connectivity index (χ2n) is 5.19. The summed E-state index contributed by atoms with van der Waals surface area (Å²) in [6.45, 7) is 4.63. The summed E-state index contributed by atoms with van der Waals surface area (Å²) in [6.07, 6.45) is 4.74. The normalized spacial score (nSPS) is 26.7. The number of rotatable bonds is 2. The molecule has 3 heterocycles. The maximum atomic E-state index is 12.8. The van der Waals surface area contributed by atoms with Crippen LogP contribution in [0.1, 0.15) is 31.9 Å². The molecule has 1 aromatic heterocycles. The van der Waals surface area contributed by atoms with Gasteiger partial charge >= 0.3 is 0 Å². The number of carbonyl (C=O) groups is 1. The van der Waals surface area contributed by atoms with Gasteiger partial charge in [0.05, 0.1) is 11.4 Å². The lowest BCUT2D eigenvalue weighted by molar-refractivity contribution is -0.123. The zero-order valence-corrected chi connectivity index (χ0v) is 10.8. The highest BCUT2D eigenvalue weighted by molar-refractivity contribution is 6.07. The largest absolute Gasteiger partial charge is 0.315 e. The second kappa shape index (κ2) is 4.35. The van der Waals surface area contributed by atoms with Crippen LogP contribution in [0, 0.1) is 0 Å². The van der Waals surface area contributed by atoms with E-state index in [1.165, 1.54) is 0 Å². The van der Waals surface area contributed by atoms with E-state index in [0.717, 1.165) is 50.3 Å². The first-order chi connectivity index (χ1) is 8.79. The van der Waals surface area contributed by atoms with E-state index >= 15 is 0 Å². The molecule has 0 unspecified atom stereocenters. The molecule has 2 aliphatic heterocycles. The van der Waals surface area contributed by atoms with Crippen LogP contribution in [0.4, 0.5) is 5.69 Å². The van der Waals surface area contributed by atoms with Gasteiger partial charge in [0.2, 0.25) is 5.91 Å². The van der Waals surface area contributed by atoms with E-state index in [0.29, 0.717) is 0 Å². The summed E-state index contributed by atoms with van der Waals surface area (Å²) in [7, 11) is 0. The summed E-state index contributed by atoms with van der Waals surface area (Å²) in [6, 6.07) is 3.95.